The Labute approximate surface area is 717 Å². The Morgan fingerprint density at radius 2 is 0.480 bits per heavy atom. The highest BCUT2D eigenvalue weighted by atomic mass is 16.3. The summed E-state index contributed by atoms with van der Waals surface area (Å²) in [4.78, 5) is 32.0. The van der Waals surface area contributed by atoms with E-state index in [0.717, 1.165) is 188 Å². The summed E-state index contributed by atoms with van der Waals surface area (Å²) >= 11 is 0. The lowest BCUT2D eigenvalue weighted by atomic mass is 9.96. The molecule has 0 amide bonds. The van der Waals surface area contributed by atoms with Gasteiger partial charge >= 0.3 is 0 Å². The largest absolute Gasteiger partial charge is 0.455 e. The molecule has 7 heterocycles. The van der Waals surface area contributed by atoms with Gasteiger partial charge in [0.2, 0.25) is 0 Å². The molecule has 7 aromatic heterocycles. The zero-order chi connectivity index (χ0) is 82.2. The van der Waals surface area contributed by atoms with Gasteiger partial charge in [0.05, 0.1) is 49.7 Å². The van der Waals surface area contributed by atoms with Gasteiger partial charge < -0.3 is 22.7 Å². The van der Waals surface area contributed by atoms with Crippen molar-refractivity contribution in [2.45, 2.75) is 0 Å². The van der Waals surface area contributed by atoms with Gasteiger partial charge in [-0.05, 0) is 184 Å². The first kappa shape index (κ1) is 70.9. The second-order valence-corrected chi connectivity index (χ2v) is 32.0. The van der Waals surface area contributed by atoms with Gasteiger partial charge in [-0.15, -0.1) is 0 Å². The second kappa shape index (κ2) is 28.9. The van der Waals surface area contributed by atoms with E-state index >= 15 is 0 Å². The van der Waals surface area contributed by atoms with Crippen LogP contribution in [0.1, 0.15) is 0 Å². The molecule has 18 aromatic carbocycles. The van der Waals surface area contributed by atoms with Crippen molar-refractivity contribution in [2.75, 3.05) is 0 Å². The van der Waals surface area contributed by atoms with Crippen LogP contribution in [-0.2, 0) is 0 Å². The Morgan fingerprint density at radius 1 is 0.160 bits per heavy atom. The van der Waals surface area contributed by atoms with E-state index in [0.29, 0.717) is 34.9 Å². The van der Waals surface area contributed by atoms with Crippen molar-refractivity contribution in [3.05, 3.63) is 425 Å². The van der Waals surface area contributed by atoms with Crippen molar-refractivity contribution in [3.63, 3.8) is 0 Å². The molecule has 11 heteroatoms. The topological polar surface area (TPSA) is 110 Å². The maximum absolute atomic E-state index is 6.65. The zero-order valence-electron chi connectivity index (χ0n) is 67.3. The van der Waals surface area contributed by atoms with Crippen LogP contribution in [0.25, 0.3) is 245 Å². The highest BCUT2D eigenvalue weighted by Gasteiger charge is 2.26. The molecule has 125 heavy (non-hydrogen) atoms. The number of benzene rings is 18. The van der Waals surface area contributed by atoms with Crippen LogP contribution in [0.2, 0.25) is 0 Å². The van der Waals surface area contributed by atoms with Gasteiger partial charge in [-0.2, -0.15) is 0 Å². The van der Waals surface area contributed by atoms with Gasteiger partial charge in [0.1, 0.15) is 11.2 Å². The number of aromatic nitrogens is 10. The van der Waals surface area contributed by atoms with Gasteiger partial charge in [-0.1, -0.05) is 285 Å². The molecule has 0 bridgehead atoms. The van der Waals surface area contributed by atoms with Gasteiger partial charge in [0.25, 0.3) is 0 Å². The SMILES string of the molecule is c1ccc(-c2nc(-c3ccc(-c4ccc5c6cc(-c7ccc8c(c7)c7c(-c9nc(-c%10ccccc%10)nc(-c%10cccc%11c%10oc%10ccccc%10%11)n9)cccc7n8-c7ccccc7)ccc6n(-c6ccccc6)c5c4)cc3)nc(-c3cccc(-c4cccc5c4c4cc(-c6ccc7c(c6)c6ccccc6n7-c6ccccc6)ccc4n5-c4ccccc4)c3)n2)cc1. The molecule has 0 N–H and O–H groups in total. The van der Waals surface area contributed by atoms with Crippen molar-refractivity contribution >= 4 is 109 Å². The smallest absolute Gasteiger partial charge is 0.167 e. The average Bonchev–Trinajstić information content (AvgIpc) is 1.58. The maximum atomic E-state index is 6.65. The molecule has 0 atom stereocenters. The Morgan fingerprint density at radius 3 is 1.03 bits per heavy atom. The number of hydrogen-bond acceptors (Lipinski definition) is 7. The van der Waals surface area contributed by atoms with Crippen molar-refractivity contribution in [1.82, 2.24) is 48.2 Å². The summed E-state index contributed by atoms with van der Waals surface area (Å²) in [7, 11) is 0. The first-order valence-corrected chi connectivity index (χ1v) is 42.2. The third-order valence-corrected chi connectivity index (χ3v) is 24.9. The van der Waals surface area contributed by atoms with E-state index in [4.69, 9.17) is 34.3 Å². The molecule has 0 saturated carbocycles. The minimum Gasteiger partial charge on any atom is -0.455 e. The lowest BCUT2D eigenvalue weighted by Crippen LogP contribution is -2.00. The highest BCUT2D eigenvalue weighted by molar-refractivity contribution is 6.20. The molecule has 0 unspecified atom stereocenters. The molecular formula is C114H70N10O. The molecule has 11 nitrogen and oxygen atoms in total. The van der Waals surface area contributed by atoms with Crippen LogP contribution < -0.4 is 0 Å². The van der Waals surface area contributed by atoms with E-state index in [9.17, 15) is 0 Å². The third kappa shape index (κ3) is 11.8. The van der Waals surface area contributed by atoms with Gasteiger partial charge in [-0.3, -0.25) is 0 Å². The predicted octanol–water partition coefficient (Wildman–Crippen LogP) is 29.0. The van der Waals surface area contributed by atoms with Crippen LogP contribution in [0.3, 0.4) is 0 Å². The summed E-state index contributed by atoms with van der Waals surface area (Å²) in [5.74, 6) is 3.41. The first-order chi connectivity index (χ1) is 62.0. The summed E-state index contributed by atoms with van der Waals surface area (Å²) in [5.41, 5.74) is 28.8. The average molecular weight is 1600 g/mol. The summed E-state index contributed by atoms with van der Waals surface area (Å²) in [6, 6.07) is 151. The number of furan rings is 1. The number of nitrogens with zero attached hydrogens (tertiary/aromatic N) is 10. The standard InChI is InChI=1S/C114H70N10O/c1-7-27-72(28-8-1)109-115-111(117-112(116-109)81-32-23-31-80(65-81)86-43-25-48-102-106(86)95-68-77(58-63-100(95)122(102)83-35-13-4-14-36-83)75-56-61-98-93(66-75)87-41-19-21-47-97(87)121(98)82-33-11-3-12-34-82)74-53-51-71(52-54-74)79-55-60-88-94-67-76(57-62-99(94)124(104(88)70-79)85-39-17-6-18-40-85)78-59-64-101-96(69-78)107-91(45-26-49-103(107)123(101)84-37-15-5-16-38-84)113-118-110(73-29-9-2-10-30-73)119-114(120-113)92-46-24-44-90-89-42-20-22-50-105(89)125-108(90)92/h1-70H. The number of hydrogen-bond donors (Lipinski definition) is 0. The minimum atomic E-state index is 0.528. The maximum Gasteiger partial charge on any atom is 0.167 e. The van der Waals surface area contributed by atoms with Gasteiger partial charge in [0, 0.05) is 104 Å². The van der Waals surface area contributed by atoms with E-state index in [1.54, 1.807) is 0 Å². The van der Waals surface area contributed by atoms with Crippen LogP contribution >= 0.6 is 0 Å². The van der Waals surface area contributed by atoms with Crippen molar-refractivity contribution in [2.24, 2.45) is 0 Å². The van der Waals surface area contributed by atoms with Crippen molar-refractivity contribution in [3.8, 4) is 136 Å². The summed E-state index contributed by atoms with van der Waals surface area (Å²) in [6.45, 7) is 0. The lowest BCUT2D eigenvalue weighted by molar-refractivity contribution is 0.669. The molecule has 0 saturated heterocycles. The van der Waals surface area contributed by atoms with E-state index in [1.165, 1.54) is 21.8 Å². The fraction of sp³-hybridized carbons (Fsp3) is 0. The highest BCUT2D eigenvalue weighted by Crippen LogP contribution is 2.47. The molecule has 0 spiro atoms. The molecule has 0 aliphatic rings. The zero-order valence-corrected chi connectivity index (χ0v) is 67.3. The Bertz CT molecular complexity index is 8630. The molecule has 0 radical (unpaired) electrons. The van der Waals surface area contributed by atoms with E-state index in [1.807, 2.05) is 60.7 Å². The Kier molecular flexibility index (Phi) is 16.4. The quantitative estimate of drug-likeness (QED) is 0.107. The van der Waals surface area contributed by atoms with E-state index in [-0.39, 0.29) is 0 Å². The second-order valence-electron chi connectivity index (χ2n) is 32.0. The van der Waals surface area contributed by atoms with Crippen LogP contribution in [0, 0.1) is 0 Å². The fourth-order valence-corrected chi connectivity index (χ4v) is 19.1. The van der Waals surface area contributed by atoms with E-state index in [2.05, 4.69) is 382 Å². The molecule has 0 fully saturated rings. The normalized spacial score (nSPS) is 11.8. The Hall–Kier alpha value is -17.0. The number of fused-ring (bicyclic) bond motifs is 15. The third-order valence-electron chi connectivity index (χ3n) is 24.9. The summed E-state index contributed by atoms with van der Waals surface area (Å²) in [5, 5.41) is 11.2. The molecular weight excluding hydrogens is 1530 g/mol. The predicted molar refractivity (Wildman–Crippen MR) is 512 cm³/mol. The summed E-state index contributed by atoms with van der Waals surface area (Å²) < 4.78 is 16.2. The molecule has 25 rings (SSSR count). The van der Waals surface area contributed by atoms with Crippen LogP contribution in [0.4, 0.5) is 0 Å². The minimum absolute atomic E-state index is 0.528. The Balaban J connectivity index is 0.580. The van der Waals surface area contributed by atoms with Crippen molar-refractivity contribution < 1.29 is 4.42 Å². The fourth-order valence-electron chi connectivity index (χ4n) is 19.1. The monoisotopic (exact) mass is 1590 g/mol. The first-order valence-electron chi connectivity index (χ1n) is 42.2. The van der Waals surface area contributed by atoms with Gasteiger partial charge in [0.15, 0.2) is 34.9 Å². The molecule has 582 valence electrons. The number of rotatable bonds is 14. The molecule has 0 aliphatic carbocycles. The van der Waals surface area contributed by atoms with Crippen LogP contribution in [-0.4, -0.2) is 48.2 Å². The molecule has 0 aliphatic heterocycles. The lowest BCUT2D eigenvalue weighted by Gasteiger charge is -2.11. The summed E-state index contributed by atoms with van der Waals surface area (Å²) in [6.07, 6.45) is 0. The van der Waals surface area contributed by atoms with Crippen LogP contribution in [0.5, 0.6) is 0 Å². The van der Waals surface area contributed by atoms with Crippen molar-refractivity contribution in [1.29, 1.82) is 0 Å². The van der Waals surface area contributed by atoms with Gasteiger partial charge in [-0.25, -0.2) is 29.9 Å². The molecule has 25 aromatic rings. The van der Waals surface area contributed by atoms with Crippen LogP contribution in [0.15, 0.2) is 429 Å². The number of para-hydroxylation sites is 7. The van der Waals surface area contributed by atoms with E-state index < -0.39 is 0 Å².